The summed E-state index contributed by atoms with van der Waals surface area (Å²) in [7, 11) is 0. The summed E-state index contributed by atoms with van der Waals surface area (Å²) in [5.41, 5.74) is 13.3. The smallest absolute Gasteiger partial charge is 0.329 e. The molecule has 10 aromatic rings. The van der Waals surface area contributed by atoms with Crippen molar-refractivity contribution >= 4 is 52.1 Å². The van der Waals surface area contributed by atoms with Gasteiger partial charge < -0.3 is 8.96 Å². The summed E-state index contributed by atoms with van der Waals surface area (Å²) < 4.78 is 4.74. The van der Waals surface area contributed by atoms with Gasteiger partial charge in [-0.1, -0.05) is 146 Å². The molecule has 0 atom stereocenters. The van der Waals surface area contributed by atoms with E-state index in [1.54, 1.807) is 0 Å². The molecule has 0 saturated carbocycles. The van der Waals surface area contributed by atoms with E-state index in [1.807, 2.05) is 60.7 Å². The van der Waals surface area contributed by atoms with Crippen molar-refractivity contribution in [2.75, 3.05) is 4.90 Å². The Morgan fingerprint density at radius 2 is 0.914 bits per heavy atom. The summed E-state index contributed by atoms with van der Waals surface area (Å²) in [4.78, 5) is 28.2. The highest BCUT2D eigenvalue weighted by molar-refractivity contribution is 6.73. The Hall–Kier alpha value is -7.65. The summed E-state index contributed by atoms with van der Waals surface area (Å²) in [6, 6.07) is 60.7. The summed E-state index contributed by atoms with van der Waals surface area (Å²) in [6.45, 7) is 3.97. The van der Waals surface area contributed by atoms with Gasteiger partial charge in [0.1, 0.15) is 0 Å². The highest BCUT2D eigenvalue weighted by Gasteiger charge is 2.41. The monoisotopic (exact) mass is 746 g/mol. The van der Waals surface area contributed by atoms with Crippen LogP contribution in [0.2, 0.25) is 0 Å². The number of hydrogen-bond donors (Lipinski definition) is 0. The summed E-state index contributed by atoms with van der Waals surface area (Å²) in [6.07, 6.45) is 0. The second-order valence-electron chi connectivity index (χ2n) is 14.7. The molecule has 9 heteroatoms. The van der Waals surface area contributed by atoms with Crippen LogP contribution in [0.4, 0.5) is 17.6 Å². The van der Waals surface area contributed by atoms with Gasteiger partial charge in [0, 0.05) is 22.3 Å². The quantitative estimate of drug-likeness (QED) is 0.158. The Kier molecular flexibility index (Phi) is 7.85. The van der Waals surface area contributed by atoms with Gasteiger partial charge in [0.25, 0.3) is 0 Å². The van der Waals surface area contributed by atoms with Crippen LogP contribution in [-0.2, 0) is 0 Å². The minimum absolute atomic E-state index is 0.353. The first-order chi connectivity index (χ1) is 28.6. The zero-order chi connectivity index (χ0) is 38.7. The molecule has 0 unspecified atom stereocenters. The van der Waals surface area contributed by atoms with E-state index in [1.165, 1.54) is 11.1 Å². The normalized spacial score (nSPS) is 12.2. The number of aryl methyl sites for hydroxylation is 2. The fourth-order valence-electron chi connectivity index (χ4n) is 8.19. The Morgan fingerprint density at radius 1 is 0.397 bits per heavy atom. The lowest BCUT2D eigenvalue weighted by Crippen LogP contribution is -2.50. The number of rotatable bonds is 6. The zero-order valence-electron chi connectivity index (χ0n) is 31.9. The minimum atomic E-state index is -0.353. The Morgan fingerprint density at radius 3 is 1.60 bits per heavy atom. The molecular weight excluding hydrogens is 711 g/mol. The van der Waals surface area contributed by atoms with E-state index in [0.717, 1.165) is 72.9 Å². The van der Waals surface area contributed by atoms with E-state index < -0.39 is 0 Å². The van der Waals surface area contributed by atoms with Crippen LogP contribution in [-0.4, -0.2) is 40.9 Å². The maximum Gasteiger partial charge on any atom is 0.425 e. The summed E-state index contributed by atoms with van der Waals surface area (Å²) in [5, 5.41) is 0. The van der Waals surface area contributed by atoms with Crippen LogP contribution in [0, 0.1) is 13.8 Å². The molecule has 8 nitrogen and oxygen atoms in total. The molecule has 11 rings (SSSR count). The standard InChI is InChI=1S/C49H35BN8/c1-32-29-41-44(30-33(32)2)58-49(52-41)56(42-27-14-12-25-39(42)34-17-6-3-7-18-34)48-51-40-26-13-15-28-43(40)57(48)50(58)38-24-16-23-37(31-38)47-54-45(35-19-8-4-9-20-35)53-46(55-47)36-21-10-5-11-22-36/h3-31H,1-2H3. The molecule has 0 spiro atoms. The second kappa shape index (κ2) is 13.5. The van der Waals surface area contributed by atoms with Gasteiger partial charge in [-0.05, 0) is 66.3 Å². The topological polar surface area (TPSA) is 77.5 Å². The maximum absolute atomic E-state index is 5.47. The molecule has 1 aliphatic heterocycles. The predicted molar refractivity (Wildman–Crippen MR) is 235 cm³/mol. The number of nitrogens with zero attached hydrogens (tertiary/aromatic N) is 8. The molecule has 0 N–H and O–H groups in total. The number of para-hydroxylation sites is 3. The average molecular weight is 747 g/mol. The van der Waals surface area contributed by atoms with Gasteiger partial charge in [-0.2, -0.15) is 0 Å². The van der Waals surface area contributed by atoms with Crippen molar-refractivity contribution in [1.29, 1.82) is 0 Å². The molecule has 274 valence electrons. The van der Waals surface area contributed by atoms with Gasteiger partial charge in [-0.3, -0.25) is 4.90 Å². The second-order valence-corrected chi connectivity index (χ2v) is 14.7. The van der Waals surface area contributed by atoms with Crippen molar-refractivity contribution in [3.63, 3.8) is 0 Å². The van der Waals surface area contributed by atoms with Crippen LogP contribution in [0.25, 0.3) is 67.4 Å². The molecule has 58 heavy (non-hydrogen) atoms. The molecule has 0 aliphatic carbocycles. The Balaban J connectivity index is 1.17. The number of hydrogen-bond acceptors (Lipinski definition) is 6. The molecule has 3 aromatic heterocycles. The zero-order valence-corrected chi connectivity index (χ0v) is 31.9. The molecule has 4 heterocycles. The van der Waals surface area contributed by atoms with E-state index in [2.05, 4.69) is 143 Å². The van der Waals surface area contributed by atoms with Gasteiger partial charge in [-0.15, -0.1) is 0 Å². The van der Waals surface area contributed by atoms with Gasteiger partial charge in [-0.25, -0.2) is 24.9 Å². The highest BCUT2D eigenvalue weighted by Crippen LogP contribution is 2.45. The molecule has 0 fully saturated rings. The van der Waals surface area contributed by atoms with Crippen LogP contribution in [0.1, 0.15) is 11.1 Å². The highest BCUT2D eigenvalue weighted by atomic mass is 15.4. The van der Waals surface area contributed by atoms with Crippen molar-refractivity contribution < 1.29 is 0 Å². The van der Waals surface area contributed by atoms with Gasteiger partial charge in [0.05, 0.1) is 27.8 Å². The fraction of sp³-hybridized carbons (Fsp3) is 0.0408. The molecule has 0 saturated heterocycles. The summed E-state index contributed by atoms with van der Waals surface area (Å²) in [5.74, 6) is 3.42. The van der Waals surface area contributed by atoms with Gasteiger partial charge in [0.15, 0.2) is 17.5 Å². The van der Waals surface area contributed by atoms with Crippen molar-refractivity contribution in [2.45, 2.75) is 13.8 Å². The molecular formula is C49H35BN8. The third-order valence-electron chi connectivity index (χ3n) is 11.1. The van der Waals surface area contributed by atoms with Gasteiger partial charge >= 0.3 is 6.98 Å². The molecule has 1 aliphatic rings. The number of anilines is 3. The van der Waals surface area contributed by atoms with E-state index in [4.69, 9.17) is 24.9 Å². The predicted octanol–water partition coefficient (Wildman–Crippen LogP) is 10.4. The van der Waals surface area contributed by atoms with E-state index in [9.17, 15) is 0 Å². The third-order valence-corrected chi connectivity index (χ3v) is 11.1. The van der Waals surface area contributed by atoms with Crippen molar-refractivity contribution in [1.82, 2.24) is 33.9 Å². The molecule has 7 aromatic carbocycles. The number of fused-ring (bicyclic) bond motifs is 6. The minimum Gasteiger partial charge on any atom is -0.329 e. The van der Waals surface area contributed by atoms with Crippen molar-refractivity contribution in [2.24, 2.45) is 0 Å². The van der Waals surface area contributed by atoms with Crippen LogP contribution < -0.4 is 10.4 Å². The van der Waals surface area contributed by atoms with Crippen LogP contribution in [0.5, 0.6) is 0 Å². The lowest BCUT2D eigenvalue weighted by atomic mass is 9.65. The van der Waals surface area contributed by atoms with E-state index in [-0.39, 0.29) is 6.98 Å². The first kappa shape index (κ1) is 33.7. The first-order valence-electron chi connectivity index (χ1n) is 19.5. The lowest BCUT2D eigenvalue weighted by molar-refractivity contribution is 0.961. The number of benzene rings is 7. The SMILES string of the molecule is Cc1cc2nc3n(c2cc1C)B(c1cccc(-c2nc(-c4ccccc4)nc(-c4ccccc4)n2)c1)n1c(nc2ccccc21)N3c1ccccc1-c1ccccc1. The van der Waals surface area contributed by atoms with Crippen LogP contribution >= 0.6 is 0 Å². The maximum atomic E-state index is 5.47. The number of aromatic nitrogens is 7. The van der Waals surface area contributed by atoms with Crippen LogP contribution in [0.15, 0.2) is 176 Å². The number of imidazole rings is 2. The molecule has 0 bridgehead atoms. The van der Waals surface area contributed by atoms with Crippen molar-refractivity contribution in [3.05, 3.63) is 187 Å². The van der Waals surface area contributed by atoms with E-state index in [0.29, 0.717) is 17.5 Å². The lowest BCUT2D eigenvalue weighted by Gasteiger charge is -2.35. The van der Waals surface area contributed by atoms with Gasteiger partial charge in [0.2, 0.25) is 11.9 Å². The first-order valence-corrected chi connectivity index (χ1v) is 19.5. The molecule has 0 radical (unpaired) electrons. The Bertz CT molecular complexity index is 3100. The Labute approximate surface area is 335 Å². The van der Waals surface area contributed by atoms with E-state index >= 15 is 0 Å². The largest absolute Gasteiger partial charge is 0.425 e. The molecule has 0 amide bonds. The van der Waals surface area contributed by atoms with Crippen LogP contribution in [0.3, 0.4) is 0 Å². The average Bonchev–Trinajstić information content (AvgIpc) is 3.84. The van der Waals surface area contributed by atoms with Crippen molar-refractivity contribution in [3.8, 4) is 45.3 Å². The summed E-state index contributed by atoms with van der Waals surface area (Å²) >= 11 is 0. The third kappa shape index (κ3) is 5.50. The fourth-order valence-corrected chi connectivity index (χ4v) is 8.19.